The molecule has 2 unspecified atom stereocenters. The summed E-state index contributed by atoms with van der Waals surface area (Å²) in [5.41, 5.74) is 4.04. The quantitative estimate of drug-likeness (QED) is 0.574. The smallest absolute Gasteiger partial charge is 0.172 e. The zero-order chi connectivity index (χ0) is 20.3. The fourth-order valence-electron chi connectivity index (χ4n) is 7.36. The molecule has 4 aliphatic carbocycles. The van der Waals surface area contributed by atoms with Gasteiger partial charge in [0.1, 0.15) is 5.60 Å². The van der Waals surface area contributed by atoms with Crippen LogP contribution >= 0.6 is 12.0 Å². The molecule has 5 heteroatoms. The number of carbonyl (C=O) groups is 1. The minimum atomic E-state index is -0.620. The Morgan fingerprint density at radius 1 is 1.24 bits per heavy atom. The molecule has 2 fully saturated rings. The van der Waals surface area contributed by atoms with Crippen molar-refractivity contribution in [1.29, 1.82) is 0 Å². The Hall–Kier alpha value is -0.620. The SMILES string of the molecule is CCC(=O)[C@@]1(OSC)CCC2C3CCC4=C(CCC5(C4)OCCO5)C3=CC[C@@]21C. The van der Waals surface area contributed by atoms with Crippen molar-refractivity contribution in [2.45, 2.75) is 83.0 Å². The summed E-state index contributed by atoms with van der Waals surface area (Å²) in [6.07, 6.45) is 13.2. The summed E-state index contributed by atoms with van der Waals surface area (Å²) >= 11 is 1.38. The molecule has 0 aromatic heterocycles. The van der Waals surface area contributed by atoms with E-state index in [0.717, 1.165) is 58.2 Å². The van der Waals surface area contributed by atoms with Gasteiger partial charge in [-0.05, 0) is 73.5 Å². The molecule has 1 heterocycles. The summed E-state index contributed by atoms with van der Waals surface area (Å²) in [5.74, 6) is 1.06. The molecule has 0 N–H and O–H groups in total. The normalized spacial score (nSPS) is 40.4. The molecular weight excluding hydrogens is 384 g/mol. The van der Waals surface area contributed by atoms with Gasteiger partial charge in [-0.25, -0.2) is 0 Å². The molecular formula is C24H34O4S. The monoisotopic (exact) mass is 418 g/mol. The second-order valence-electron chi connectivity index (χ2n) is 9.79. The van der Waals surface area contributed by atoms with E-state index in [0.29, 0.717) is 24.0 Å². The Morgan fingerprint density at radius 2 is 2.03 bits per heavy atom. The third-order valence-corrected chi connectivity index (χ3v) is 9.21. The van der Waals surface area contributed by atoms with Crippen molar-refractivity contribution in [2.24, 2.45) is 17.3 Å². The van der Waals surface area contributed by atoms with Crippen LogP contribution in [0.4, 0.5) is 0 Å². The first kappa shape index (κ1) is 20.3. The predicted molar refractivity (Wildman–Crippen MR) is 114 cm³/mol. The van der Waals surface area contributed by atoms with Crippen LogP contribution in [0, 0.1) is 17.3 Å². The van der Waals surface area contributed by atoms with Crippen molar-refractivity contribution in [2.75, 3.05) is 19.5 Å². The third-order valence-electron chi connectivity index (χ3n) is 8.76. The van der Waals surface area contributed by atoms with E-state index in [1.807, 2.05) is 13.2 Å². The average molecular weight is 419 g/mol. The molecule has 0 aromatic carbocycles. The summed E-state index contributed by atoms with van der Waals surface area (Å²) in [6.45, 7) is 5.79. The van der Waals surface area contributed by atoms with E-state index in [9.17, 15) is 4.79 Å². The number of ether oxygens (including phenoxy) is 2. The van der Waals surface area contributed by atoms with Gasteiger partial charge >= 0.3 is 0 Å². The van der Waals surface area contributed by atoms with E-state index in [2.05, 4.69) is 13.0 Å². The molecule has 1 saturated carbocycles. The number of rotatable bonds is 4. The van der Waals surface area contributed by atoms with Crippen molar-refractivity contribution in [3.63, 3.8) is 0 Å². The van der Waals surface area contributed by atoms with Gasteiger partial charge in [-0.1, -0.05) is 25.5 Å². The lowest BCUT2D eigenvalue weighted by molar-refractivity contribution is -0.164. The zero-order valence-electron chi connectivity index (χ0n) is 18.1. The van der Waals surface area contributed by atoms with Gasteiger partial charge in [0.05, 0.1) is 13.2 Å². The zero-order valence-corrected chi connectivity index (χ0v) is 18.9. The van der Waals surface area contributed by atoms with Gasteiger partial charge < -0.3 is 13.7 Å². The fourth-order valence-corrected chi connectivity index (χ4v) is 8.01. The molecule has 4 atom stereocenters. The Labute approximate surface area is 179 Å². The van der Waals surface area contributed by atoms with Gasteiger partial charge in [0.15, 0.2) is 11.6 Å². The van der Waals surface area contributed by atoms with E-state index < -0.39 is 5.60 Å². The largest absolute Gasteiger partial charge is 0.347 e. The van der Waals surface area contributed by atoms with Crippen molar-refractivity contribution in [3.8, 4) is 0 Å². The molecule has 0 radical (unpaired) electrons. The first-order valence-corrected chi connectivity index (χ1v) is 12.6. The van der Waals surface area contributed by atoms with Crippen LogP contribution in [-0.2, 0) is 18.5 Å². The summed E-state index contributed by atoms with van der Waals surface area (Å²) in [7, 11) is 0. The number of carbonyl (C=O) groups excluding carboxylic acids is 1. The topological polar surface area (TPSA) is 44.8 Å². The number of ketones is 1. The van der Waals surface area contributed by atoms with E-state index in [1.165, 1.54) is 18.5 Å². The van der Waals surface area contributed by atoms with Gasteiger partial charge in [0, 0.05) is 30.9 Å². The van der Waals surface area contributed by atoms with Crippen molar-refractivity contribution in [3.05, 3.63) is 22.8 Å². The van der Waals surface area contributed by atoms with Crippen molar-refractivity contribution in [1.82, 2.24) is 0 Å². The van der Waals surface area contributed by atoms with Crippen LogP contribution in [0.5, 0.6) is 0 Å². The highest BCUT2D eigenvalue weighted by Crippen LogP contribution is 2.65. The van der Waals surface area contributed by atoms with Gasteiger partial charge in [-0.15, -0.1) is 0 Å². The minimum absolute atomic E-state index is 0.0943. The molecule has 1 spiro atoms. The maximum absolute atomic E-state index is 13.1. The second-order valence-corrected chi connectivity index (χ2v) is 10.3. The summed E-state index contributed by atoms with van der Waals surface area (Å²) in [4.78, 5) is 13.1. The first-order chi connectivity index (χ1) is 14.0. The number of hydrogen-bond acceptors (Lipinski definition) is 5. The van der Waals surface area contributed by atoms with Gasteiger partial charge in [-0.2, -0.15) is 0 Å². The van der Waals surface area contributed by atoms with Gasteiger partial charge in [0.2, 0.25) is 0 Å². The maximum atomic E-state index is 13.1. The lowest BCUT2D eigenvalue weighted by Crippen LogP contribution is -2.54. The van der Waals surface area contributed by atoms with Crippen LogP contribution in [0.1, 0.15) is 71.6 Å². The van der Waals surface area contributed by atoms with E-state index in [-0.39, 0.29) is 11.2 Å². The molecule has 160 valence electrons. The minimum Gasteiger partial charge on any atom is -0.347 e. The highest BCUT2D eigenvalue weighted by atomic mass is 32.2. The number of allylic oxidation sites excluding steroid dienone is 3. The average Bonchev–Trinajstić information content (AvgIpc) is 3.30. The second kappa shape index (κ2) is 7.22. The summed E-state index contributed by atoms with van der Waals surface area (Å²) in [6, 6.07) is 0. The summed E-state index contributed by atoms with van der Waals surface area (Å²) in [5, 5.41) is 0. The Morgan fingerprint density at radius 3 is 2.76 bits per heavy atom. The molecule has 5 aliphatic rings. The third kappa shape index (κ3) is 2.80. The molecule has 1 saturated heterocycles. The molecule has 0 amide bonds. The van der Waals surface area contributed by atoms with E-state index in [4.69, 9.17) is 13.7 Å². The molecule has 0 aromatic rings. The van der Waals surface area contributed by atoms with Crippen LogP contribution in [0.3, 0.4) is 0 Å². The molecule has 4 nitrogen and oxygen atoms in total. The maximum Gasteiger partial charge on any atom is 0.172 e. The Balaban J connectivity index is 1.48. The van der Waals surface area contributed by atoms with Crippen LogP contribution < -0.4 is 0 Å². The number of Topliss-reactive ketones (excluding diaryl/α,β-unsaturated/α-hetero) is 1. The molecule has 1 aliphatic heterocycles. The lowest BCUT2D eigenvalue weighted by atomic mass is 9.55. The standard InChI is InChI=1S/C24H34O4S/c1-4-21(25)24(28-29-3)12-9-20-19-6-5-16-15-23(26-13-14-27-23)11-8-17(16)18(19)7-10-22(20,24)2/h7,19-20H,4-6,8-15H2,1-3H3/t19?,20?,22-,24-/m0/s1. The molecule has 0 bridgehead atoms. The Kier molecular flexibility index (Phi) is 5.05. The highest BCUT2D eigenvalue weighted by molar-refractivity contribution is 7.94. The van der Waals surface area contributed by atoms with E-state index in [1.54, 1.807) is 16.7 Å². The van der Waals surface area contributed by atoms with Crippen LogP contribution in [0.2, 0.25) is 0 Å². The van der Waals surface area contributed by atoms with Gasteiger partial charge in [-0.3, -0.25) is 4.79 Å². The summed E-state index contributed by atoms with van der Waals surface area (Å²) < 4.78 is 18.3. The molecule has 5 rings (SSSR count). The number of hydrogen-bond donors (Lipinski definition) is 0. The van der Waals surface area contributed by atoms with Crippen LogP contribution in [0.25, 0.3) is 0 Å². The highest BCUT2D eigenvalue weighted by Gasteiger charge is 2.64. The first-order valence-electron chi connectivity index (χ1n) is 11.4. The lowest BCUT2D eigenvalue weighted by Gasteiger charge is -2.51. The van der Waals surface area contributed by atoms with Gasteiger partial charge in [0.25, 0.3) is 0 Å². The predicted octanol–water partition coefficient (Wildman–Crippen LogP) is 5.38. The number of fused-ring (bicyclic) bond motifs is 4. The fraction of sp³-hybridized carbons (Fsp3) is 0.792. The van der Waals surface area contributed by atoms with Crippen LogP contribution in [0.15, 0.2) is 22.8 Å². The van der Waals surface area contributed by atoms with E-state index >= 15 is 0 Å². The van der Waals surface area contributed by atoms with Crippen LogP contribution in [-0.4, -0.2) is 36.6 Å². The van der Waals surface area contributed by atoms with Crippen molar-refractivity contribution >= 4 is 17.8 Å². The Bertz CT molecular complexity index is 765. The molecule has 29 heavy (non-hydrogen) atoms. The van der Waals surface area contributed by atoms with Crippen molar-refractivity contribution < 1.29 is 18.5 Å².